The van der Waals surface area contributed by atoms with Crippen molar-refractivity contribution in [3.8, 4) is 0 Å². The van der Waals surface area contributed by atoms with Crippen molar-refractivity contribution in [3.05, 3.63) is 22.7 Å². The average molecular weight is 251 g/mol. The SMILES string of the molecule is CC[C@H]1O[C@@H](n2ccc(N)nc2=O)CC1(C)CC. The predicted molar refractivity (Wildman–Crippen MR) is 70.1 cm³/mol. The maximum absolute atomic E-state index is 11.8. The van der Waals surface area contributed by atoms with Crippen molar-refractivity contribution in [1.29, 1.82) is 0 Å². The van der Waals surface area contributed by atoms with E-state index in [4.69, 9.17) is 10.5 Å². The van der Waals surface area contributed by atoms with Crippen LogP contribution in [0.15, 0.2) is 17.1 Å². The smallest absolute Gasteiger partial charge is 0.351 e. The molecule has 1 aliphatic heterocycles. The highest BCUT2D eigenvalue weighted by atomic mass is 16.5. The van der Waals surface area contributed by atoms with Gasteiger partial charge in [0.05, 0.1) is 6.10 Å². The van der Waals surface area contributed by atoms with Crippen LogP contribution in [0.25, 0.3) is 0 Å². The summed E-state index contributed by atoms with van der Waals surface area (Å²) in [5.74, 6) is 0.250. The van der Waals surface area contributed by atoms with E-state index in [1.165, 1.54) is 0 Å². The summed E-state index contributed by atoms with van der Waals surface area (Å²) in [4.78, 5) is 15.6. The molecule has 1 aromatic heterocycles. The summed E-state index contributed by atoms with van der Waals surface area (Å²) in [5, 5.41) is 0. The van der Waals surface area contributed by atoms with E-state index < -0.39 is 0 Å². The second kappa shape index (κ2) is 4.72. The average Bonchev–Trinajstić information content (AvgIpc) is 2.67. The van der Waals surface area contributed by atoms with E-state index in [2.05, 4.69) is 25.8 Å². The van der Waals surface area contributed by atoms with Gasteiger partial charge in [-0.2, -0.15) is 4.98 Å². The quantitative estimate of drug-likeness (QED) is 0.891. The molecule has 1 saturated heterocycles. The van der Waals surface area contributed by atoms with Crippen molar-refractivity contribution >= 4 is 5.82 Å². The van der Waals surface area contributed by atoms with Gasteiger partial charge in [-0.25, -0.2) is 4.79 Å². The normalized spacial score (nSPS) is 31.7. The molecule has 1 fully saturated rings. The Kier molecular flexibility index (Phi) is 3.43. The lowest BCUT2D eigenvalue weighted by Crippen LogP contribution is -2.27. The van der Waals surface area contributed by atoms with Gasteiger partial charge in [0.1, 0.15) is 12.0 Å². The number of nitrogens with two attached hydrogens (primary N) is 1. The van der Waals surface area contributed by atoms with Gasteiger partial charge in [-0.15, -0.1) is 0 Å². The summed E-state index contributed by atoms with van der Waals surface area (Å²) in [7, 11) is 0. The Hall–Kier alpha value is -1.36. The Labute approximate surface area is 107 Å². The number of rotatable bonds is 3. The van der Waals surface area contributed by atoms with Crippen LogP contribution in [0.1, 0.15) is 46.3 Å². The molecule has 1 aliphatic rings. The number of hydrogen-bond acceptors (Lipinski definition) is 4. The van der Waals surface area contributed by atoms with Crippen LogP contribution in [-0.2, 0) is 4.74 Å². The predicted octanol–water partition coefficient (Wildman–Crippen LogP) is 1.94. The van der Waals surface area contributed by atoms with Crippen LogP contribution in [0.3, 0.4) is 0 Å². The van der Waals surface area contributed by atoms with Gasteiger partial charge >= 0.3 is 5.69 Å². The molecule has 2 heterocycles. The first-order valence-electron chi connectivity index (χ1n) is 6.50. The van der Waals surface area contributed by atoms with Gasteiger partial charge in [-0.1, -0.05) is 20.8 Å². The van der Waals surface area contributed by atoms with Crippen LogP contribution in [0.4, 0.5) is 5.82 Å². The first kappa shape index (κ1) is 13.1. The third kappa shape index (κ3) is 2.14. The van der Waals surface area contributed by atoms with Crippen molar-refractivity contribution in [2.45, 2.75) is 52.4 Å². The fourth-order valence-corrected chi connectivity index (χ4v) is 2.70. The van der Waals surface area contributed by atoms with Crippen LogP contribution >= 0.6 is 0 Å². The molecular formula is C13H21N3O2. The molecule has 2 N–H and O–H groups in total. The van der Waals surface area contributed by atoms with E-state index in [-0.39, 0.29) is 29.3 Å². The number of aromatic nitrogens is 2. The molecular weight excluding hydrogens is 230 g/mol. The molecule has 0 saturated carbocycles. The lowest BCUT2D eigenvalue weighted by atomic mass is 9.79. The summed E-state index contributed by atoms with van der Waals surface area (Å²) in [6.07, 6.45) is 4.48. The molecule has 100 valence electrons. The summed E-state index contributed by atoms with van der Waals surface area (Å²) < 4.78 is 7.55. The summed E-state index contributed by atoms with van der Waals surface area (Å²) in [5.41, 5.74) is 5.28. The van der Waals surface area contributed by atoms with Crippen molar-refractivity contribution in [2.75, 3.05) is 5.73 Å². The zero-order valence-electron chi connectivity index (χ0n) is 11.2. The second-order valence-electron chi connectivity index (χ2n) is 5.24. The summed E-state index contributed by atoms with van der Waals surface area (Å²) >= 11 is 0. The second-order valence-corrected chi connectivity index (χ2v) is 5.24. The minimum atomic E-state index is -0.338. The standard InChI is InChI=1S/C13H21N3O2/c1-4-9-13(3,5-2)8-11(18-9)16-7-6-10(14)15-12(16)17/h6-7,9,11H,4-5,8H2,1-3H3,(H2,14,15,17)/t9-,11-,13?/m1/s1. The molecule has 1 unspecified atom stereocenters. The van der Waals surface area contributed by atoms with E-state index in [1.807, 2.05) is 0 Å². The van der Waals surface area contributed by atoms with Gasteiger partial charge in [-0.3, -0.25) is 4.57 Å². The van der Waals surface area contributed by atoms with E-state index in [1.54, 1.807) is 16.8 Å². The lowest BCUT2D eigenvalue weighted by Gasteiger charge is -2.26. The first-order valence-corrected chi connectivity index (χ1v) is 6.50. The first-order chi connectivity index (χ1) is 8.50. The highest BCUT2D eigenvalue weighted by molar-refractivity contribution is 5.23. The molecule has 1 aromatic rings. The van der Waals surface area contributed by atoms with Crippen molar-refractivity contribution < 1.29 is 4.74 Å². The van der Waals surface area contributed by atoms with Crippen LogP contribution in [-0.4, -0.2) is 15.7 Å². The molecule has 0 radical (unpaired) electrons. The van der Waals surface area contributed by atoms with Gasteiger partial charge in [-0.05, 0) is 24.3 Å². The molecule has 0 bridgehead atoms. The van der Waals surface area contributed by atoms with E-state index in [0.717, 1.165) is 19.3 Å². The van der Waals surface area contributed by atoms with Crippen LogP contribution in [0.5, 0.6) is 0 Å². The van der Waals surface area contributed by atoms with Gasteiger partial charge in [0.2, 0.25) is 0 Å². The van der Waals surface area contributed by atoms with E-state index >= 15 is 0 Å². The van der Waals surface area contributed by atoms with Crippen LogP contribution in [0, 0.1) is 5.41 Å². The van der Waals surface area contributed by atoms with Gasteiger partial charge < -0.3 is 10.5 Å². The monoisotopic (exact) mass is 251 g/mol. The molecule has 3 atom stereocenters. The van der Waals surface area contributed by atoms with Gasteiger partial charge in [0.25, 0.3) is 0 Å². The molecule has 0 spiro atoms. The van der Waals surface area contributed by atoms with Crippen LogP contribution < -0.4 is 11.4 Å². The molecule has 5 nitrogen and oxygen atoms in total. The number of nitrogen functional groups attached to an aromatic ring is 1. The Bertz CT molecular complexity index is 485. The molecule has 0 aromatic carbocycles. The molecule has 18 heavy (non-hydrogen) atoms. The number of ether oxygens (including phenoxy) is 1. The maximum atomic E-state index is 11.8. The summed E-state index contributed by atoms with van der Waals surface area (Å²) in [6, 6.07) is 1.63. The zero-order chi connectivity index (χ0) is 13.3. The molecule has 5 heteroatoms. The topological polar surface area (TPSA) is 70.1 Å². The third-order valence-electron chi connectivity index (χ3n) is 4.08. The number of nitrogens with zero attached hydrogens (tertiary/aromatic N) is 2. The number of hydrogen-bond donors (Lipinski definition) is 1. The Balaban J connectivity index is 2.29. The molecule has 0 aliphatic carbocycles. The minimum absolute atomic E-state index is 0.125. The van der Waals surface area contributed by atoms with Gasteiger partial charge in [0.15, 0.2) is 0 Å². The third-order valence-corrected chi connectivity index (χ3v) is 4.08. The Morgan fingerprint density at radius 2 is 2.33 bits per heavy atom. The van der Waals surface area contributed by atoms with E-state index in [9.17, 15) is 4.79 Å². The van der Waals surface area contributed by atoms with Crippen molar-refractivity contribution in [3.63, 3.8) is 0 Å². The zero-order valence-corrected chi connectivity index (χ0v) is 11.2. The highest BCUT2D eigenvalue weighted by Gasteiger charge is 2.43. The van der Waals surface area contributed by atoms with Crippen molar-refractivity contribution in [1.82, 2.24) is 9.55 Å². The summed E-state index contributed by atoms with van der Waals surface area (Å²) in [6.45, 7) is 6.50. The number of anilines is 1. The lowest BCUT2D eigenvalue weighted by molar-refractivity contribution is -0.0207. The van der Waals surface area contributed by atoms with Crippen LogP contribution in [0.2, 0.25) is 0 Å². The van der Waals surface area contributed by atoms with Gasteiger partial charge in [0, 0.05) is 12.6 Å². The van der Waals surface area contributed by atoms with E-state index in [0.29, 0.717) is 0 Å². The fraction of sp³-hybridized carbons (Fsp3) is 0.692. The Morgan fingerprint density at radius 3 is 2.83 bits per heavy atom. The largest absolute Gasteiger partial charge is 0.383 e. The van der Waals surface area contributed by atoms with Crippen molar-refractivity contribution in [2.24, 2.45) is 5.41 Å². The minimum Gasteiger partial charge on any atom is -0.383 e. The molecule has 0 amide bonds. The fourth-order valence-electron chi connectivity index (χ4n) is 2.70. The maximum Gasteiger partial charge on any atom is 0.351 e. The Morgan fingerprint density at radius 1 is 1.61 bits per heavy atom. The molecule has 2 rings (SSSR count). The highest BCUT2D eigenvalue weighted by Crippen LogP contribution is 2.46.